The Bertz CT molecular complexity index is 1210. The van der Waals surface area contributed by atoms with Gasteiger partial charge in [-0.05, 0) is 55.3 Å². The number of amides is 1. The lowest BCUT2D eigenvalue weighted by molar-refractivity contribution is -0.123. The molecular formula is C23H19F6N5O. The van der Waals surface area contributed by atoms with Crippen molar-refractivity contribution >= 4 is 11.7 Å². The van der Waals surface area contributed by atoms with Crippen LogP contribution in [-0.4, -0.2) is 46.5 Å². The molecule has 1 aliphatic rings. The van der Waals surface area contributed by atoms with Crippen LogP contribution in [0.25, 0.3) is 11.3 Å². The lowest BCUT2D eigenvalue weighted by atomic mass is 9.65. The predicted molar refractivity (Wildman–Crippen MR) is 114 cm³/mol. The minimum absolute atomic E-state index is 0.0384. The SMILES string of the molecule is O=C(NCC(F)(F)F)c1ccc(F)c(-c2ccc(NCC3(c4ncccc4F)CC(F)C3)nn2)c1. The van der Waals surface area contributed by atoms with Gasteiger partial charge in [0.2, 0.25) is 0 Å². The Hall–Kier alpha value is -3.70. The number of aromatic nitrogens is 3. The van der Waals surface area contributed by atoms with Crippen molar-refractivity contribution in [3.8, 4) is 11.3 Å². The van der Waals surface area contributed by atoms with Crippen molar-refractivity contribution in [3.05, 3.63) is 71.6 Å². The number of nitrogens with zero attached hydrogens (tertiary/aromatic N) is 3. The average molecular weight is 495 g/mol. The summed E-state index contributed by atoms with van der Waals surface area (Å²) in [6.07, 6.45) is -4.04. The van der Waals surface area contributed by atoms with Crippen molar-refractivity contribution in [3.63, 3.8) is 0 Å². The van der Waals surface area contributed by atoms with E-state index in [0.29, 0.717) is 0 Å². The van der Waals surface area contributed by atoms with Gasteiger partial charge in [0, 0.05) is 29.3 Å². The Morgan fingerprint density at radius 3 is 2.46 bits per heavy atom. The summed E-state index contributed by atoms with van der Waals surface area (Å²) < 4.78 is 79.3. The lowest BCUT2D eigenvalue weighted by Crippen LogP contribution is -2.49. The first-order valence-electron chi connectivity index (χ1n) is 10.5. The molecule has 2 N–H and O–H groups in total. The van der Waals surface area contributed by atoms with Gasteiger partial charge in [-0.1, -0.05) is 0 Å². The summed E-state index contributed by atoms with van der Waals surface area (Å²) >= 11 is 0. The summed E-state index contributed by atoms with van der Waals surface area (Å²) in [4.78, 5) is 16.1. The van der Waals surface area contributed by atoms with E-state index in [0.717, 1.165) is 18.2 Å². The van der Waals surface area contributed by atoms with Crippen LogP contribution in [0.2, 0.25) is 0 Å². The van der Waals surface area contributed by atoms with Gasteiger partial charge in [-0.15, -0.1) is 10.2 Å². The molecule has 0 unspecified atom stereocenters. The quantitative estimate of drug-likeness (QED) is 0.469. The van der Waals surface area contributed by atoms with Gasteiger partial charge in [0.25, 0.3) is 5.91 Å². The number of anilines is 1. The van der Waals surface area contributed by atoms with Gasteiger partial charge in [-0.3, -0.25) is 9.78 Å². The molecule has 0 saturated heterocycles. The zero-order chi connectivity index (χ0) is 25.2. The predicted octanol–water partition coefficient (Wildman–Crippen LogP) is 4.59. The fourth-order valence-electron chi connectivity index (χ4n) is 3.96. The molecule has 1 aliphatic carbocycles. The van der Waals surface area contributed by atoms with E-state index in [4.69, 9.17) is 0 Å². The van der Waals surface area contributed by atoms with Crippen LogP contribution in [0.5, 0.6) is 0 Å². The molecule has 0 bridgehead atoms. The Morgan fingerprint density at radius 2 is 1.83 bits per heavy atom. The van der Waals surface area contributed by atoms with Gasteiger partial charge in [0.05, 0.1) is 11.4 Å². The summed E-state index contributed by atoms with van der Waals surface area (Å²) in [7, 11) is 0. The molecule has 184 valence electrons. The third-order valence-corrected chi connectivity index (χ3v) is 5.71. The number of carbonyl (C=O) groups is 1. The van der Waals surface area contributed by atoms with Crippen LogP contribution in [0.4, 0.5) is 32.2 Å². The van der Waals surface area contributed by atoms with Crippen LogP contribution in [-0.2, 0) is 5.41 Å². The second kappa shape index (κ2) is 9.51. The zero-order valence-corrected chi connectivity index (χ0v) is 18.0. The molecule has 0 radical (unpaired) electrons. The van der Waals surface area contributed by atoms with Crippen LogP contribution in [0.1, 0.15) is 28.9 Å². The second-order valence-corrected chi connectivity index (χ2v) is 8.27. The topological polar surface area (TPSA) is 79.8 Å². The molecular weight excluding hydrogens is 476 g/mol. The first-order chi connectivity index (χ1) is 16.6. The number of benzene rings is 1. The van der Waals surface area contributed by atoms with E-state index in [2.05, 4.69) is 20.5 Å². The van der Waals surface area contributed by atoms with Gasteiger partial charge in [-0.25, -0.2) is 13.2 Å². The third-order valence-electron chi connectivity index (χ3n) is 5.71. The summed E-state index contributed by atoms with van der Waals surface area (Å²) in [5, 5.41) is 12.6. The van der Waals surface area contributed by atoms with E-state index in [-0.39, 0.29) is 47.7 Å². The highest BCUT2D eigenvalue weighted by Crippen LogP contribution is 2.45. The molecule has 0 spiro atoms. The Morgan fingerprint density at radius 1 is 1.06 bits per heavy atom. The standard InChI is InChI=1S/C23H19F6N5O/c24-14-9-22(10-14,20-17(26)2-1-7-30-20)11-31-19-6-5-18(33-34-19)15-8-13(3-4-16(15)25)21(35)32-12-23(27,28)29/h1-8,14H,9-12H2,(H,31,34)(H,32,35). The van der Waals surface area contributed by atoms with Gasteiger partial charge in [0.1, 0.15) is 30.2 Å². The van der Waals surface area contributed by atoms with Crippen LogP contribution in [0.15, 0.2) is 48.7 Å². The number of hydrogen-bond donors (Lipinski definition) is 2. The summed E-state index contributed by atoms with van der Waals surface area (Å²) in [6.45, 7) is -1.38. The van der Waals surface area contributed by atoms with Crippen LogP contribution in [0, 0.1) is 11.6 Å². The van der Waals surface area contributed by atoms with Gasteiger partial charge in [-0.2, -0.15) is 13.2 Å². The molecule has 1 aromatic carbocycles. The zero-order valence-electron chi connectivity index (χ0n) is 18.0. The fraction of sp³-hybridized carbons (Fsp3) is 0.304. The monoisotopic (exact) mass is 495 g/mol. The molecule has 4 rings (SSSR count). The van der Waals surface area contributed by atoms with Crippen LogP contribution < -0.4 is 10.6 Å². The van der Waals surface area contributed by atoms with Crippen LogP contribution in [0.3, 0.4) is 0 Å². The van der Waals surface area contributed by atoms with Crippen molar-refractivity contribution < 1.29 is 31.1 Å². The minimum atomic E-state index is -4.58. The fourth-order valence-corrected chi connectivity index (χ4v) is 3.96. The summed E-state index contributed by atoms with van der Waals surface area (Å²) in [5.74, 6) is -2.04. The number of hydrogen-bond acceptors (Lipinski definition) is 5. The molecule has 1 saturated carbocycles. The molecule has 1 fully saturated rings. The summed E-state index contributed by atoms with van der Waals surface area (Å²) in [6, 6.07) is 8.65. The Labute approximate surface area is 195 Å². The normalized spacial score (nSPS) is 19.7. The molecule has 0 aliphatic heterocycles. The van der Waals surface area contributed by atoms with E-state index in [1.165, 1.54) is 30.5 Å². The third kappa shape index (κ3) is 5.52. The average Bonchev–Trinajstić information content (AvgIpc) is 2.80. The highest BCUT2D eigenvalue weighted by Gasteiger charge is 2.48. The smallest absolute Gasteiger partial charge is 0.368 e. The maximum absolute atomic E-state index is 14.3. The van der Waals surface area contributed by atoms with Crippen molar-refractivity contribution in [2.24, 2.45) is 0 Å². The Kier molecular flexibility index (Phi) is 6.64. The molecule has 0 atom stereocenters. The number of nitrogens with one attached hydrogen (secondary N) is 2. The lowest BCUT2D eigenvalue weighted by Gasteiger charge is -2.44. The second-order valence-electron chi connectivity index (χ2n) is 8.27. The van der Waals surface area contributed by atoms with Gasteiger partial charge in [0.15, 0.2) is 0 Å². The minimum Gasteiger partial charge on any atom is -0.368 e. The van der Waals surface area contributed by atoms with Crippen molar-refractivity contribution in [1.29, 1.82) is 0 Å². The van der Waals surface area contributed by atoms with E-state index in [9.17, 15) is 31.1 Å². The van der Waals surface area contributed by atoms with E-state index < -0.39 is 41.8 Å². The van der Waals surface area contributed by atoms with Crippen molar-refractivity contribution in [2.75, 3.05) is 18.4 Å². The number of pyridine rings is 1. The Balaban J connectivity index is 1.47. The molecule has 12 heteroatoms. The summed E-state index contributed by atoms with van der Waals surface area (Å²) in [5.41, 5.74) is -0.963. The number of rotatable bonds is 7. The van der Waals surface area contributed by atoms with E-state index >= 15 is 0 Å². The molecule has 2 aromatic heterocycles. The van der Waals surface area contributed by atoms with E-state index in [1.54, 1.807) is 5.32 Å². The molecule has 1 amide bonds. The van der Waals surface area contributed by atoms with Gasteiger partial charge >= 0.3 is 6.18 Å². The number of alkyl halides is 4. The number of carbonyl (C=O) groups excluding carboxylic acids is 1. The molecule has 6 nitrogen and oxygen atoms in total. The van der Waals surface area contributed by atoms with Crippen molar-refractivity contribution in [1.82, 2.24) is 20.5 Å². The van der Waals surface area contributed by atoms with Crippen molar-refractivity contribution in [2.45, 2.75) is 30.6 Å². The van der Waals surface area contributed by atoms with E-state index in [1.807, 2.05) is 0 Å². The molecule has 2 heterocycles. The first-order valence-corrected chi connectivity index (χ1v) is 10.5. The molecule has 3 aromatic rings. The molecule has 35 heavy (non-hydrogen) atoms. The highest BCUT2D eigenvalue weighted by molar-refractivity contribution is 5.95. The largest absolute Gasteiger partial charge is 0.405 e. The van der Waals surface area contributed by atoms with Crippen LogP contribution >= 0.6 is 0 Å². The first kappa shape index (κ1) is 24.4. The highest BCUT2D eigenvalue weighted by atomic mass is 19.4. The number of halogens is 6. The maximum Gasteiger partial charge on any atom is 0.405 e. The maximum atomic E-state index is 14.3. The van der Waals surface area contributed by atoms with Gasteiger partial charge < -0.3 is 10.6 Å².